The summed E-state index contributed by atoms with van der Waals surface area (Å²) in [4.78, 5) is 9.97. The topological polar surface area (TPSA) is 110 Å². The van der Waals surface area contributed by atoms with Crippen molar-refractivity contribution in [3.05, 3.63) is 33.9 Å². The number of nitrogens with one attached hydrogen (secondary N) is 1. The number of hydrogen-bond acceptors (Lipinski definition) is 5. The quantitative estimate of drug-likeness (QED) is 0.598. The van der Waals surface area contributed by atoms with E-state index in [1.165, 1.54) is 19.1 Å². The van der Waals surface area contributed by atoms with Gasteiger partial charge >= 0.3 is 0 Å². The molecule has 2 N–H and O–H groups in total. The van der Waals surface area contributed by atoms with E-state index >= 15 is 0 Å². The van der Waals surface area contributed by atoms with E-state index in [-0.39, 0.29) is 17.2 Å². The predicted molar refractivity (Wildman–Crippen MR) is 69.3 cm³/mol. The van der Waals surface area contributed by atoms with E-state index < -0.39 is 21.0 Å². The molecule has 0 aromatic heterocycles. The Kier molecular flexibility index (Phi) is 4.98. The van der Waals surface area contributed by atoms with Crippen molar-refractivity contribution in [3.8, 4) is 0 Å². The lowest BCUT2D eigenvalue weighted by atomic mass is 10.2. The average Bonchev–Trinajstić information content (AvgIpc) is 2.35. The third kappa shape index (κ3) is 3.72. The van der Waals surface area contributed by atoms with E-state index in [1.54, 1.807) is 6.92 Å². The highest BCUT2D eigenvalue weighted by Crippen LogP contribution is 2.22. The minimum Gasteiger partial charge on any atom is -0.395 e. The molecule has 1 aromatic rings. The van der Waals surface area contributed by atoms with Crippen molar-refractivity contribution in [3.63, 3.8) is 0 Å². The van der Waals surface area contributed by atoms with Crippen LogP contribution in [0.15, 0.2) is 23.1 Å². The van der Waals surface area contributed by atoms with E-state index in [1.807, 2.05) is 0 Å². The zero-order valence-corrected chi connectivity index (χ0v) is 11.5. The first-order valence-electron chi connectivity index (χ1n) is 5.70. The normalized spacial score (nSPS) is 13.2. The fraction of sp³-hybridized carbons (Fsp3) is 0.455. The van der Waals surface area contributed by atoms with Crippen LogP contribution in [-0.4, -0.2) is 31.1 Å². The summed E-state index contributed by atoms with van der Waals surface area (Å²) >= 11 is 0. The lowest BCUT2D eigenvalue weighted by Gasteiger charge is -2.14. The molecule has 0 spiro atoms. The van der Waals surface area contributed by atoms with Gasteiger partial charge < -0.3 is 5.11 Å². The zero-order valence-electron chi connectivity index (χ0n) is 10.7. The number of nitrogens with zero attached hydrogens (tertiary/aromatic N) is 1. The van der Waals surface area contributed by atoms with Crippen molar-refractivity contribution < 1.29 is 18.4 Å². The van der Waals surface area contributed by atoms with Gasteiger partial charge in [0.05, 0.1) is 16.4 Å². The molecule has 106 valence electrons. The minimum absolute atomic E-state index is 0.184. The number of rotatable bonds is 6. The molecule has 0 bridgehead atoms. The van der Waals surface area contributed by atoms with Crippen LogP contribution in [0.25, 0.3) is 0 Å². The van der Waals surface area contributed by atoms with E-state index in [9.17, 15) is 18.5 Å². The van der Waals surface area contributed by atoms with Gasteiger partial charge in [-0.1, -0.05) is 13.0 Å². The van der Waals surface area contributed by atoms with Crippen molar-refractivity contribution in [1.82, 2.24) is 4.72 Å². The molecule has 0 radical (unpaired) electrons. The Morgan fingerprint density at radius 3 is 2.58 bits per heavy atom. The molecular weight excluding hydrogens is 272 g/mol. The van der Waals surface area contributed by atoms with Crippen molar-refractivity contribution in [2.75, 3.05) is 6.61 Å². The molecule has 0 unspecified atom stereocenters. The minimum atomic E-state index is -3.87. The summed E-state index contributed by atoms with van der Waals surface area (Å²) in [6, 6.07) is 3.09. The van der Waals surface area contributed by atoms with Crippen molar-refractivity contribution in [2.24, 2.45) is 0 Å². The van der Waals surface area contributed by atoms with Crippen LogP contribution >= 0.6 is 0 Å². The summed E-state index contributed by atoms with van der Waals surface area (Å²) in [7, 11) is -3.87. The Labute approximate surface area is 111 Å². The molecule has 0 saturated carbocycles. The second-order valence-electron chi connectivity index (χ2n) is 4.11. The summed E-state index contributed by atoms with van der Waals surface area (Å²) in [5.41, 5.74) is 0.137. The van der Waals surface area contributed by atoms with Gasteiger partial charge in [0.25, 0.3) is 5.69 Å². The Bertz CT molecular complexity index is 566. The predicted octanol–water partition coefficient (Wildman–Crippen LogP) is 0.952. The molecule has 0 amide bonds. The molecule has 0 fully saturated rings. The Morgan fingerprint density at radius 2 is 2.11 bits per heavy atom. The first kappa shape index (κ1) is 15.5. The summed E-state index contributed by atoms with van der Waals surface area (Å²) < 4.78 is 26.3. The van der Waals surface area contributed by atoms with E-state index in [0.717, 1.165) is 6.07 Å². The maximum atomic E-state index is 12.0. The number of hydrogen-bond donors (Lipinski definition) is 2. The van der Waals surface area contributed by atoms with Gasteiger partial charge in [-0.2, -0.15) is 0 Å². The van der Waals surface area contributed by atoms with Gasteiger partial charge in [-0.3, -0.25) is 10.1 Å². The fourth-order valence-corrected chi connectivity index (χ4v) is 2.82. The number of aliphatic hydroxyl groups is 1. The SMILES string of the molecule is CC[C@@H](CO)NS(=O)(=O)c1ccc(C)c([N+](=O)[O-])c1. The summed E-state index contributed by atoms with van der Waals surface area (Å²) in [5.74, 6) is 0. The van der Waals surface area contributed by atoms with Crippen LogP contribution in [0.2, 0.25) is 0 Å². The number of nitro benzene ring substituents is 1. The van der Waals surface area contributed by atoms with Gasteiger partial charge in [-0.05, 0) is 19.4 Å². The van der Waals surface area contributed by atoms with Crippen LogP contribution in [0.5, 0.6) is 0 Å². The Morgan fingerprint density at radius 1 is 1.47 bits per heavy atom. The molecule has 0 aliphatic carbocycles. The molecular formula is C11H16N2O5S. The third-order valence-electron chi connectivity index (χ3n) is 2.72. The summed E-state index contributed by atoms with van der Waals surface area (Å²) in [5, 5.41) is 19.8. The first-order chi connectivity index (χ1) is 8.81. The number of sulfonamides is 1. The van der Waals surface area contributed by atoms with E-state index in [2.05, 4.69) is 4.72 Å². The molecule has 7 nitrogen and oxygen atoms in total. The van der Waals surface area contributed by atoms with Gasteiger partial charge in [0.15, 0.2) is 0 Å². The largest absolute Gasteiger partial charge is 0.395 e. The lowest BCUT2D eigenvalue weighted by Crippen LogP contribution is -2.36. The second kappa shape index (κ2) is 6.09. The molecule has 0 heterocycles. The van der Waals surface area contributed by atoms with Crippen molar-refractivity contribution in [1.29, 1.82) is 0 Å². The van der Waals surface area contributed by atoms with Crippen LogP contribution in [0.4, 0.5) is 5.69 Å². The Balaban J connectivity index is 3.15. The van der Waals surface area contributed by atoms with E-state index in [0.29, 0.717) is 12.0 Å². The Hall–Kier alpha value is -1.51. The highest BCUT2D eigenvalue weighted by molar-refractivity contribution is 7.89. The first-order valence-corrected chi connectivity index (χ1v) is 7.18. The highest BCUT2D eigenvalue weighted by Gasteiger charge is 2.22. The third-order valence-corrected chi connectivity index (χ3v) is 4.24. The van der Waals surface area contributed by atoms with Crippen LogP contribution in [0.1, 0.15) is 18.9 Å². The second-order valence-corrected chi connectivity index (χ2v) is 5.83. The zero-order chi connectivity index (χ0) is 14.6. The molecule has 1 aromatic carbocycles. The van der Waals surface area contributed by atoms with Gasteiger partial charge in [-0.15, -0.1) is 0 Å². The monoisotopic (exact) mass is 288 g/mol. The van der Waals surface area contributed by atoms with Gasteiger partial charge in [-0.25, -0.2) is 13.1 Å². The number of aryl methyl sites for hydroxylation is 1. The standard InChI is InChI=1S/C11H16N2O5S/c1-3-9(7-14)12-19(17,18)10-5-4-8(2)11(6-10)13(15)16/h4-6,9,12,14H,3,7H2,1-2H3/t9-/m0/s1. The van der Waals surface area contributed by atoms with Crippen LogP contribution in [0.3, 0.4) is 0 Å². The number of nitro groups is 1. The van der Waals surface area contributed by atoms with Crippen molar-refractivity contribution >= 4 is 15.7 Å². The van der Waals surface area contributed by atoms with E-state index in [4.69, 9.17) is 5.11 Å². The molecule has 1 rings (SSSR count). The van der Waals surface area contributed by atoms with Gasteiger partial charge in [0.2, 0.25) is 10.0 Å². The van der Waals surface area contributed by atoms with Crippen molar-refractivity contribution in [2.45, 2.75) is 31.2 Å². The molecule has 0 aliphatic rings. The molecule has 19 heavy (non-hydrogen) atoms. The fourth-order valence-electron chi connectivity index (χ4n) is 1.49. The molecule has 1 atom stereocenters. The maximum Gasteiger partial charge on any atom is 0.273 e. The smallest absolute Gasteiger partial charge is 0.273 e. The lowest BCUT2D eigenvalue weighted by molar-refractivity contribution is -0.385. The van der Waals surface area contributed by atoms with Gasteiger partial charge in [0, 0.05) is 17.7 Å². The summed E-state index contributed by atoms with van der Waals surface area (Å²) in [6.07, 6.45) is 0.420. The molecule has 0 saturated heterocycles. The summed E-state index contributed by atoms with van der Waals surface area (Å²) in [6.45, 7) is 2.93. The van der Waals surface area contributed by atoms with Gasteiger partial charge in [0.1, 0.15) is 0 Å². The maximum absolute atomic E-state index is 12.0. The van der Waals surface area contributed by atoms with Crippen LogP contribution in [0, 0.1) is 17.0 Å². The number of aliphatic hydroxyl groups excluding tert-OH is 1. The van der Waals surface area contributed by atoms with Crippen LogP contribution in [-0.2, 0) is 10.0 Å². The molecule has 8 heteroatoms. The highest BCUT2D eigenvalue weighted by atomic mass is 32.2. The average molecular weight is 288 g/mol. The van der Waals surface area contributed by atoms with Crippen LogP contribution < -0.4 is 4.72 Å². The number of benzene rings is 1. The molecule has 0 aliphatic heterocycles.